The fourth-order valence-electron chi connectivity index (χ4n) is 2.33. The third-order valence-corrected chi connectivity index (χ3v) is 3.92. The van der Waals surface area contributed by atoms with Gasteiger partial charge in [0.15, 0.2) is 0 Å². The quantitative estimate of drug-likeness (QED) is 0.794. The second-order valence-corrected chi connectivity index (χ2v) is 5.04. The van der Waals surface area contributed by atoms with Crippen molar-refractivity contribution in [1.29, 1.82) is 5.26 Å². The summed E-state index contributed by atoms with van der Waals surface area (Å²) in [6.45, 7) is 7.21. The van der Waals surface area contributed by atoms with Crippen LogP contribution in [-0.2, 0) is 6.54 Å². The molecular formula is C15H17ClN2. The number of rotatable bonds is 3. The van der Waals surface area contributed by atoms with Crippen LogP contribution in [0.15, 0.2) is 12.1 Å². The second kappa shape index (κ2) is 5.04. The van der Waals surface area contributed by atoms with E-state index >= 15 is 0 Å². The van der Waals surface area contributed by atoms with E-state index in [4.69, 9.17) is 11.6 Å². The van der Waals surface area contributed by atoms with Gasteiger partial charge in [0.25, 0.3) is 0 Å². The Balaban J connectivity index is 2.79. The fourth-order valence-corrected chi connectivity index (χ4v) is 2.64. The first-order chi connectivity index (χ1) is 8.61. The molecule has 1 aromatic carbocycles. The van der Waals surface area contributed by atoms with Crippen molar-refractivity contribution in [3.05, 3.63) is 34.0 Å². The molecule has 0 saturated carbocycles. The molecule has 0 radical (unpaired) electrons. The number of nitriles is 1. The van der Waals surface area contributed by atoms with Gasteiger partial charge in [0.1, 0.15) is 11.2 Å². The van der Waals surface area contributed by atoms with E-state index in [1.807, 2.05) is 6.07 Å². The molecule has 0 spiro atoms. The molecule has 2 nitrogen and oxygen atoms in total. The Morgan fingerprint density at radius 1 is 1.33 bits per heavy atom. The van der Waals surface area contributed by atoms with Gasteiger partial charge in [-0.05, 0) is 31.4 Å². The molecule has 2 aromatic rings. The van der Waals surface area contributed by atoms with Gasteiger partial charge in [-0.15, -0.1) is 0 Å². The van der Waals surface area contributed by atoms with Crippen LogP contribution < -0.4 is 0 Å². The Morgan fingerprint density at radius 3 is 2.67 bits per heavy atom. The summed E-state index contributed by atoms with van der Waals surface area (Å²) in [5, 5.41) is 10.8. The highest BCUT2D eigenvalue weighted by Crippen LogP contribution is 2.33. The summed E-state index contributed by atoms with van der Waals surface area (Å²) in [5.41, 5.74) is 4.17. The maximum Gasteiger partial charge on any atom is 0.128 e. The largest absolute Gasteiger partial charge is 0.330 e. The maximum atomic E-state index is 9.27. The van der Waals surface area contributed by atoms with Gasteiger partial charge in [0, 0.05) is 11.9 Å². The van der Waals surface area contributed by atoms with E-state index in [0.717, 1.165) is 30.3 Å². The van der Waals surface area contributed by atoms with E-state index < -0.39 is 0 Å². The molecule has 0 unspecified atom stereocenters. The van der Waals surface area contributed by atoms with Gasteiger partial charge in [0.05, 0.1) is 11.1 Å². The van der Waals surface area contributed by atoms with E-state index in [1.165, 1.54) is 11.1 Å². The van der Waals surface area contributed by atoms with Gasteiger partial charge in [-0.3, -0.25) is 0 Å². The van der Waals surface area contributed by atoms with E-state index in [2.05, 4.69) is 37.5 Å². The lowest BCUT2D eigenvalue weighted by atomic mass is 10.1. The van der Waals surface area contributed by atoms with Crippen LogP contribution in [0, 0.1) is 25.2 Å². The normalized spacial score (nSPS) is 10.8. The molecule has 0 amide bonds. The minimum Gasteiger partial charge on any atom is -0.330 e. The number of fused-ring (bicyclic) bond motifs is 1. The molecular weight excluding hydrogens is 244 g/mol. The van der Waals surface area contributed by atoms with E-state index in [1.54, 1.807) is 0 Å². The minimum atomic E-state index is 0.578. The first kappa shape index (κ1) is 13.0. The number of aryl methyl sites for hydroxylation is 3. The average molecular weight is 261 g/mol. The van der Waals surface area contributed by atoms with Crippen molar-refractivity contribution in [2.45, 2.75) is 40.2 Å². The molecule has 1 heterocycles. The molecule has 0 fully saturated rings. The predicted octanol–water partition coefficient (Wildman–Crippen LogP) is 4.58. The zero-order valence-electron chi connectivity index (χ0n) is 11.0. The van der Waals surface area contributed by atoms with Crippen molar-refractivity contribution in [1.82, 2.24) is 4.57 Å². The zero-order chi connectivity index (χ0) is 13.3. The first-order valence-electron chi connectivity index (χ1n) is 6.29. The van der Waals surface area contributed by atoms with Crippen molar-refractivity contribution < 1.29 is 0 Å². The lowest BCUT2D eigenvalue weighted by Crippen LogP contribution is -1.99. The number of aromatic nitrogens is 1. The Morgan fingerprint density at radius 2 is 2.06 bits per heavy atom. The monoisotopic (exact) mass is 260 g/mol. The molecule has 0 N–H and O–H groups in total. The molecule has 0 bridgehead atoms. The van der Waals surface area contributed by atoms with Crippen LogP contribution in [-0.4, -0.2) is 4.57 Å². The third kappa shape index (κ3) is 1.89. The summed E-state index contributed by atoms with van der Waals surface area (Å²) in [4.78, 5) is 0. The zero-order valence-corrected chi connectivity index (χ0v) is 11.8. The van der Waals surface area contributed by atoms with Crippen molar-refractivity contribution in [3.63, 3.8) is 0 Å². The molecule has 94 valence electrons. The van der Waals surface area contributed by atoms with Gasteiger partial charge < -0.3 is 4.57 Å². The lowest BCUT2D eigenvalue weighted by Gasteiger charge is -2.09. The SMILES string of the molecule is CCCCn1c(Cl)c(C#N)c2ccc(C)c(C)c21. The van der Waals surface area contributed by atoms with Gasteiger partial charge in [-0.25, -0.2) is 0 Å². The minimum absolute atomic E-state index is 0.578. The van der Waals surface area contributed by atoms with Crippen LogP contribution in [0.1, 0.15) is 36.5 Å². The first-order valence-corrected chi connectivity index (χ1v) is 6.67. The Hall–Kier alpha value is -1.46. The molecule has 0 aliphatic rings. The number of halogens is 1. The average Bonchev–Trinajstić information content (AvgIpc) is 2.64. The van der Waals surface area contributed by atoms with Crippen LogP contribution in [0.5, 0.6) is 0 Å². The van der Waals surface area contributed by atoms with Gasteiger partial charge in [-0.1, -0.05) is 37.1 Å². The standard InChI is InChI=1S/C15H17ClN2/c1-4-5-8-18-14-11(3)10(2)6-7-12(14)13(9-17)15(18)16/h6-7H,4-5,8H2,1-3H3. The predicted molar refractivity (Wildman–Crippen MR) is 76.0 cm³/mol. The van der Waals surface area contributed by atoms with E-state index in [9.17, 15) is 5.26 Å². The number of hydrogen-bond acceptors (Lipinski definition) is 1. The number of unbranched alkanes of at least 4 members (excludes halogenated alkanes) is 1. The topological polar surface area (TPSA) is 28.7 Å². The summed E-state index contributed by atoms with van der Waals surface area (Å²) in [6, 6.07) is 6.29. The van der Waals surface area contributed by atoms with Crippen LogP contribution >= 0.6 is 11.6 Å². The van der Waals surface area contributed by atoms with Crippen molar-refractivity contribution in [2.24, 2.45) is 0 Å². The molecule has 0 atom stereocenters. The van der Waals surface area contributed by atoms with Crippen LogP contribution in [0.4, 0.5) is 0 Å². The summed E-state index contributed by atoms with van der Waals surface area (Å²) in [6.07, 6.45) is 2.19. The molecule has 18 heavy (non-hydrogen) atoms. The molecule has 0 aliphatic heterocycles. The molecule has 1 aromatic heterocycles. The van der Waals surface area contributed by atoms with Crippen LogP contribution in [0.3, 0.4) is 0 Å². The third-order valence-electron chi connectivity index (χ3n) is 3.53. The van der Waals surface area contributed by atoms with E-state index in [0.29, 0.717) is 10.7 Å². The maximum absolute atomic E-state index is 9.27. The second-order valence-electron chi connectivity index (χ2n) is 4.69. The smallest absolute Gasteiger partial charge is 0.128 e. The summed E-state index contributed by atoms with van der Waals surface area (Å²) in [5.74, 6) is 0. The van der Waals surface area contributed by atoms with Gasteiger partial charge in [-0.2, -0.15) is 5.26 Å². The van der Waals surface area contributed by atoms with Gasteiger partial charge in [0.2, 0.25) is 0 Å². The summed E-state index contributed by atoms with van der Waals surface area (Å²) < 4.78 is 2.08. The van der Waals surface area contributed by atoms with Crippen molar-refractivity contribution in [2.75, 3.05) is 0 Å². The molecule has 2 rings (SSSR count). The highest BCUT2D eigenvalue weighted by molar-refractivity contribution is 6.32. The van der Waals surface area contributed by atoms with Crippen molar-refractivity contribution in [3.8, 4) is 6.07 Å². The lowest BCUT2D eigenvalue weighted by molar-refractivity contribution is 0.649. The van der Waals surface area contributed by atoms with Crippen LogP contribution in [0.25, 0.3) is 10.9 Å². The Labute approximate surface area is 113 Å². The highest BCUT2D eigenvalue weighted by Gasteiger charge is 2.17. The summed E-state index contributed by atoms with van der Waals surface area (Å²) in [7, 11) is 0. The number of benzene rings is 1. The van der Waals surface area contributed by atoms with Crippen LogP contribution in [0.2, 0.25) is 5.15 Å². The molecule has 0 aliphatic carbocycles. The van der Waals surface area contributed by atoms with E-state index in [-0.39, 0.29) is 0 Å². The fraction of sp³-hybridized carbons (Fsp3) is 0.400. The highest BCUT2D eigenvalue weighted by atomic mass is 35.5. The van der Waals surface area contributed by atoms with Crippen molar-refractivity contribution >= 4 is 22.5 Å². The number of nitrogens with zero attached hydrogens (tertiary/aromatic N) is 2. The summed E-state index contributed by atoms with van der Waals surface area (Å²) >= 11 is 6.35. The molecule has 3 heteroatoms. The number of hydrogen-bond donors (Lipinski definition) is 0. The Kier molecular flexibility index (Phi) is 3.63. The van der Waals surface area contributed by atoms with Gasteiger partial charge >= 0.3 is 0 Å². The molecule has 0 saturated heterocycles. The Bertz CT molecular complexity index is 632.